The molecule has 1 aromatic carbocycles. The Morgan fingerprint density at radius 3 is 2.65 bits per heavy atom. The lowest BCUT2D eigenvalue weighted by Crippen LogP contribution is -2.27. The molecule has 124 valence electrons. The van der Waals surface area contributed by atoms with Crippen LogP contribution in [0.25, 0.3) is 5.69 Å². The van der Waals surface area contributed by atoms with Crippen LogP contribution in [0.2, 0.25) is 10.0 Å². The average molecular weight is 374 g/mol. The van der Waals surface area contributed by atoms with E-state index in [9.17, 15) is 4.79 Å². The summed E-state index contributed by atoms with van der Waals surface area (Å²) < 4.78 is 1.22. The van der Waals surface area contributed by atoms with Crippen molar-refractivity contribution in [2.75, 3.05) is 23.9 Å². The van der Waals surface area contributed by atoms with Crippen molar-refractivity contribution in [3.63, 3.8) is 0 Å². The number of anilines is 1. The number of aliphatic hydroxyl groups is 1. The molecule has 0 aliphatic rings. The number of hydrogen-bond acceptors (Lipinski definition) is 5. The summed E-state index contributed by atoms with van der Waals surface area (Å²) >= 11 is 13.7. The van der Waals surface area contributed by atoms with Gasteiger partial charge in [0.15, 0.2) is 0 Å². The fourth-order valence-corrected chi connectivity index (χ4v) is 3.04. The standard InChI is InChI=1S/C15H17Cl2N3O2S/c1-23-9-11(6-7-21)19-13-8-18-20(15(22)14(13)17)12-4-2-10(16)3-5-12/h2-5,8,11,19,21H,6-7,9H2,1H3. The Hall–Kier alpha value is -1.21. The van der Waals surface area contributed by atoms with Crippen LogP contribution in [-0.4, -0.2) is 39.5 Å². The van der Waals surface area contributed by atoms with Gasteiger partial charge in [-0.05, 0) is 36.9 Å². The molecule has 0 radical (unpaired) electrons. The van der Waals surface area contributed by atoms with E-state index in [0.717, 1.165) is 5.75 Å². The highest BCUT2D eigenvalue weighted by Gasteiger charge is 2.14. The van der Waals surface area contributed by atoms with Crippen LogP contribution in [0, 0.1) is 0 Å². The maximum atomic E-state index is 12.4. The number of nitrogens with zero attached hydrogens (tertiary/aromatic N) is 2. The lowest BCUT2D eigenvalue weighted by atomic mass is 10.2. The number of nitrogens with one attached hydrogen (secondary N) is 1. The molecule has 0 spiro atoms. The van der Waals surface area contributed by atoms with Crippen LogP contribution in [0.3, 0.4) is 0 Å². The molecule has 0 bridgehead atoms. The van der Waals surface area contributed by atoms with Gasteiger partial charge in [0.25, 0.3) is 5.56 Å². The SMILES string of the molecule is CSCC(CCO)Nc1cnn(-c2ccc(Cl)cc2)c(=O)c1Cl. The van der Waals surface area contributed by atoms with Gasteiger partial charge >= 0.3 is 0 Å². The summed E-state index contributed by atoms with van der Waals surface area (Å²) in [5.41, 5.74) is 0.643. The Labute approximate surface area is 148 Å². The van der Waals surface area contributed by atoms with Gasteiger partial charge in [-0.25, -0.2) is 0 Å². The van der Waals surface area contributed by atoms with Gasteiger partial charge in [-0.1, -0.05) is 23.2 Å². The molecule has 2 aromatic rings. The molecule has 5 nitrogen and oxygen atoms in total. The molecule has 1 unspecified atom stereocenters. The predicted octanol–water partition coefficient (Wildman–Crippen LogP) is 3.07. The smallest absolute Gasteiger partial charge is 0.292 e. The predicted molar refractivity (Wildman–Crippen MR) is 97.3 cm³/mol. The molecular weight excluding hydrogens is 357 g/mol. The number of rotatable bonds is 7. The van der Waals surface area contributed by atoms with Crippen LogP contribution in [0.5, 0.6) is 0 Å². The van der Waals surface area contributed by atoms with Gasteiger partial charge in [0.05, 0.1) is 17.6 Å². The summed E-state index contributed by atoms with van der Waals surface area (Å²) in [6.07, 6.45) is 4.06. The van der Waals surface area contributed by atoms with E-state index in [0.29, 0.717) is 22.8 Å². The van der Waals surface area contributed by atoms with Gasteiger partial charge in [0.1, 0.15) is 5.02 Å². The van der Waals surface area contributed by atoms with Crippen molar-refractivity contribution in [3.8, 4) is 5.69 Å². The summed E-state index contributed by atoms with van der Waals surface area (Å²) in [5.74, 6) is 0.789. The summed E-state index contributed by atoms with van der Waals surface area (Å²) in [5, 5.41) is 17.1. The average Bonchev–Trinajstić information content (AvgIpc) is 2.54. The molecule has 1 aromatic heterocycles. The molecule has 0 saturated carbocycles. The highest BCUT2D eigenvalue weighted by Crippen LogP contribution is 2.20. The third-order valence-corrected chi connectivity index (χ3v) is 4.55. The molecule has 0 saturated heterocycles. The minimum atomic E-state index is -0.411. The molecule has 0 aliphatic heterocycles. The van der Waals surface area contributed by atoms with Gasteiger partial charge in [-0.15, -0.1) is 0 Å². The fraction of sp³-hybridized carbons (Fsp3) is 0.333. The largest absolute Gasteiger partial charge is 0.396 e. The number of benzene rings is 1. The second kappa shape index (κ2) is 8.59. The van der Waals surface area contributed by atoms with Crippen LogP contribution in [0.1, 0.15) is 6.42 Å². The fourth-order valence-electron chi connectivity index (χ4n) is 2.07. The van der Waals surface area contributed by atoms with E-state index in [4.69, 9.17) is 28.3 Å². The third kappa shape index (κ3) is 4.64. The topological polar surface area (TPSA) is 67.2 Å². The van der Waals surface area contributed by atoms with Crippen LogP contribution in [-0.2, 0) is 0 Å². The second-order valence-corrected chi connectivity index (χ2v) is 6.60. The number of hydrogen-bond donors (Lipinski definition) is 2. The number of halogens is 2. The molecule has 2 rings (SSSR count). The zero-order chi connectivity index (χ0) is 16.8. The Bertz CT molecular complexity index is 701. The van der Waals surface area contributed by atoms with Gasteiger partial charge in [-0.3, -0.25) is 4.79 Å². The number of aliphatic hydroxyl groups excluding tert-OH is 1. The van der Waals surface area contributed by atoms with Gasteiger partial charge in [0.2, 0.25) is 0 Å². The molecule has 1 heterocycles. The minimum Gasteiger partial charge on any atom is -0.396 e. The molecule has 23 heavy (non-hydrogen) atoms. The Morgan fingerprint density at radius 1 is 1.35 bits per heavy atom. The van der Waals surface area contributed by atoms with E-state index in [-0.39, 0.29) is 17.7 Å². The van der Waals surface area contributed by atoms with Gasteiger partial charge < -0.3 is 10.4 Å². The van der Waals surface area contributed by atoms with E-state index in [1.165, 1.54) is 10.9 Å². The molecule has 1 atom stereocenters. The highest BCUT2D eigenvalue weighted by atomic mass is 35.5. The van der Waals surface area contributed by atoms with Crippen LogP contribution in [0.15, 0.2) is 35.3 Å². The normalized spacial score (nSPS) is 12.2. The Morgan fingerprint density at radius 2 is 2.04 bits per heavy atom. The summed E-state index contributed by atoms with van der Waals surface area (Å²) in [7, 11) is 0. The molecule has 0 fully saturated rings. The third-order valence-electron chi connectivity index (χ3n) is 3.20. The van der Waals surface area contributed by atoms with Crippen LogP contribution in [0.4, 0.5) is 5.69 Å². The van der Waals surface area contributed by atoms with Crippen molar-refractivity contribution < 1.29 is 5.11 Å². The molecular formula is C15H17Cl2N3O2S. The molecule has 8 heteroatoms. The van der Waals surface area contributed by atoms with E-state index in [1.807, 2.05) is 6.26 Å². The van der Waals surface area contributed by atoms with Crippen LogP contribution >= 0.6 is 35.0 Å². The van der Waals surface area contributed by atoms with Gasteiger partial charge in [0, 0.05) is 23.4 Å². The summed E-state index contributed by atoms with van der Waals surface area (Å²) in [6.45, 7) is 0.0606. The number of thioether (sulfide) groups is 1. The van der Waals surface area contributed by atoms with Crippen molar-refractivity contribution in [2.24, 2.45) is 0 Å². The molecule has 0 amide bonds. The van der Waals surface area contributed by atoms with Crippen LogP contribution < -0.4 is 10.9 Å². The van der Waals surface area contributed by atoms with Crippen molar-refractivity contribution in [1.29, 1.82) is 0 Å². The maximum Gasteiger partial charge on any atom is 0.292 e. The summed E-state index contributed by atoms with van der Waals surface area (Å²) in [4.78, 5) is 12.4. The Balaban J connectivity index is 2.30. The monoisotopic (exact) mass is 373 g/mol. The lowest BCUT2D eigenvalue weighted by Gasteiger charge is -2.18. The second-order valence-electron chi connectivity index (χ2n) is 4.87. The lowest BCUT2D eigenvalue weighted by molar-refractivity contribution is 0.282. The number of aromatic nitrogens is 2. The zero-order valence-corrected chi connectivity index (χ0v) is 14.8. The van der Waals surface area contributed by atoms with Crippen molar-refractivity contribution in [1.82, 2.24) is 9.78 Å². The van der Waals surface area contributed by atoms with E-state index >= 15 is 0 Å². The summed E-state index contributed by atoms with van der Waals surface area (Å²) in [6, 6.07) is 6.77. The van der Waals surface area contributed by atoms with E-state index < -0.39 is 5.56 Å². The molecule has 0 aliphatic carbocycles. The van der Waals surface area contributed by atoms with E-state index in [1.54, 1.807) is 36.0 Å². The maximum absolute atomic E-state index is 12.4. The minimum absolute atomic E-state index is 0.0140. The van der Waals surface area contributed by atoms with Gasteiger partial charge in [-0.2, -0.15) is 21.5 Å². The first-order chi connectivity index (χ1) is 11.1. The molecule has 2 N–H and O–H groups in total. The van der Waals surface area contributed by atoms with E-state index in [2.05, 4.69) is 10.4 Å². The van der Waals surface area contributed by atoms with Crippen molar-refractivity contribution >= 4 is 40.7 Å². The quantitative estimate of drug-likeness (QED) is 0.780. The first-order valence-corrected chi connectivity index (χ1v) is 9.12. The van der Waals surface area contributed by atoms with Crippen molar-refractivity contribution in [3.05, 3.63) is 50.9 Å². The first kappa shape index (κ1) is 18.1. The van der Waals surface area contributed by atoms with Crippen molar-refractivity contribution in [2.45, 2.75) is 12.5 Å². The highest BCUT2D eigenvalue weighted by molar-refractivity contribution is 7.98. The Kier molecular flexibility index (Phi) is 6.77. The first-order valence-electron chi connectivity index (χ1n) is 6.97. The zero-order valence-electron chi connectivity index (χ0n) is 12.5.